The highest BCUT2D eigenvalue weighted by Gasteiger charge is 2.22. The number of aromatic nitrogens is 4. The topological polar surface area (TPSA) is 171 Å². The maximum Gasteiger partial charge on any atom is 0.339 e. The van der Waals surface area contributed by atoms with Crippen LogP contribution in [0.1, 0.15) is 10.4 Å². The molecule has 2 heterocycles. The third-order valence-corrected chi connectivity index (χ3v) is 6.28. The van der Waals surface area contributed by atoms with Crippen LogP contribution in [0.2, 0.25) is 0 Å². The molecule has 0 radical (unpaired) electrons. The van der Waals surface area contributed by atoms with Crippen molar-refractivity contribution in [2.24, 2.45) is 0 Å². The van der Waals surface area contributed by atoms with Gasteiger partial charge < -0.3 is 19.6 Å². The number of anilines is 1. The second kappa shape index (κ2) is 8.01. The lowest BCUT2D eigenvalue weighted by atomic mass is 10.1. The van der Waals surface area contributed by atoms with Gasteiger partial charge in [0.15, 0.2) is 0 Å². The van der Waals surface area contributed by atoms with Crippen LogP contribution in [0, 0.1) is 0 Å². The molecule has 0 atom stereocenters. The van der Waals surface area contributed by atoms with Crippen molar-refractivity contribution in [1.82, 2.24) is 20.2 Å². The van der Waals surface area contributed by atoms with Crippen LogP contribution in [0.25, 0.3) is 33.9 Å². The number of carboxylic acid groups (broad SMARTS) is 1. The summed E-state index contributed by atoms with van der Waals surface area (Å²) in [5.74, 6) is -1.42. The Morgan fingerprint density at radius 3 is 2.47 bits per heavy atom. The molecule has 34 heavy (non-hydrogen) atoms. The maximum absolute atomic E-state index is 12.7. The first kappa shape index (κ1) is 21.2. The van der Waals surface area contributed by atoms with Gasteiger partial charge in [-0.15, -0.1) is 5.10 Å². The van der Waals surface area contributed by atoms with Gasteiger partial charge in [0.1, 0.15) is 17.1 Å². The minimum atomic E-state index is -4.27. The Morgan fingerprint density at radius 2 is 1.71 bits per heavy atom. The third kappa shape index (κ3) is 3.82. The van der Waals surface area contributed by atoms with Crippen molar-refractivity contribution >= 4 is 33.0 Å². The van der Waals surface area contributed by atoms with Gasteiger partial charge in [-0.3, -0.25) is 0 Å². The molecule has 12 heteroatoms. The third-order valence-electron chi connectivity index (χ3n) is 4.96. The molecule has 0 fully saturated rings. The first-order chi connectivity index (χ1) is 16.3. The van der Waals surface area contributed by atoms with Crippen LogP contribution in [0.5, 0.6) is 5.75 Å². The predicted molar refractivity (Wildman–Crippen MR) is 121 cm³/mol. The van der Waals surface area contributed by atoms with Crippen LogP contribution in [0.15, 0.2) is 76.0 Å². The smallest absolute Gasteiger partial charge is 0.339 e. The number of nitrogens with zero attached hydrogens (tertiary/aromatic N) is 3. The van der Waals surface area contributed by atoms with Gasteiger partial charge in [-0.1, -0.05) is 35.4 Å². The van der Waals surface area contributed by atoms with E-state index in [1.807, 2.05) is 36.4 Å². The highest BCUT2D eigenvalue weighted by atomic mass is 32.2. The number of aromatic carboxylic acids is 1. The fourth-order valence-corrected chi connectivity index (χ4v) is 4.31. The van der Waals surface area contributed by atoms with Gasteiger partial charge in [-0.05, 0) is 36.4 Å². The molecule has 0 aliphatic carbocycles. The van der Waals surface area contributed by atoms with E-state index < -0.39 is 38.2 Å². The average molecular weight is 477 g/mol. The first-order valence-electron chi connectivity index (χ1n) is 9.79. The van der Waals surface area contributed by atoms with Gasteiger partial charge in [-0.25, -0.2) is 22.9 Å². The summed E-state index contributed by atoms with van der Waals surface area (Å²) < 4.78 is 33.1. The molecule has 11 nitrogen and oxygen atoms in total. The summed E-state index contributed by atoms with van der Waals surface area (Å²) in [7, 11) is -4.27. The van der Waals surface area contributed by atoms with Crippen molar-refractivity contribution in [3.8, 4) is 28.6 Å². The molecule has 5 aromatic rings. The van der Waals surface area contributed by atoms with Crippen molar-refractivity contribution in [2.75, 3.05) is 4.72 Å². The number of imidazole rings is 1. The molecule has 0 saturated heterocycles. The van der Waals surface area contributed by atoms with E-state index in [2.05, 4.69) is 24.9 Å². The van der Waals surface area contributed by atoms with E-state index in [9.17, 15) is 18.3 Å². The Kier molecular flexibility index (Phi) is 4.98. The number of carboxylic acids is 1. The Morgan fingerprint density at radius 1 is 0.971 bits per heavy atom. The number of benzene rings is 3. The summed E-state index contributed by atoms with van der Waals surface area (Å²) in [5.41, 5.74) is 2.26. The van der Waals surface area contributed by atoms with Crippen molar-refractivity contribution in [3.05, 3.63) is 72.3 Å². The number of fused-ring (bicyclic) bond motifs is 1. The lowest BCUT2D eigenvalue weighted by molar-refractivity contribution is 0.0693. The number of para-hydroxylation sites is 2. The Hall–Kier alpha value is -4.71. The molecule has 3 aromatic carbocycles. The average Bonchev–Trinajstić information content (AvgIpc) is 3.45. The summed E-state index contributed by atoms with van der Waals surface area (Å²) in [5, 5.41) is 26.4. The highest BCUT2D eigenvalue weighted by Crippen LogP contribution is 2.32. The standard InChI is InChI=1S/C22H15N5O6S/c28-18-10-9-12(11-15(18)21(29)30)34(31,32)27-22-26-25-20(33-22)14-6-2-1-5-13(14)19-23-16-7-3-4-8-17(16)24-19/h1-11,28H,(H,23,24)(H,26,27)(H,29,30). The Bertz CT molecular complexity index is 1620. The van der Waals surface area contributed by atoms with Gasteiger partial charge >= 0.3 is 12.0 Å². The van der Waals surface area contributed by atoms with Crippen LogP contribution in [-0.2, 0) is 10.0 Å². The zero-order chi connectivity index (χ0) is 23.9. The number of hydrogen-bond acceptors (Lipinski definition) is 8. The summed E-state index contributed by atoms with van der Waals surface area (Å²) in [6.07, 6.45) is 0. The maximum atomic E-state index is 12.7. The molecule has 0 aliphatic rings. The van der Waals surface area contributed by atoms with Gasteiger partial charge in [0.05, 0.1) is 15.9 Å². The minimum absolute atomic E-state index is 0.0469. The van der Waals surface area contributed by atoms with E-state index in [-0.39, 0.29) is 5.89 Å². The molecule has 0 unspecified atom stereocenters. The molecule has 0 saturated carbocycles. The number of rotatable bonds is 6. The lowest BCUT2D eigenvalue weighted by Gasteiger charge is -2.06. The fraction of sp³-hybridized carbons (Fsp3) is 0. The Balaban J connectivity index is 1.47. The summed E-state index contributed by atoms with van der Waals surface area (Å²) in [6.45, 7) is 0. The minimum Gasteiger partial charge on any atom is -0.507 e. The molecule has 0 aliphatic heterocycles. The number of phenols is 1. The van der Waals surface area contributed by atoms with E-state index >= 15 is 0 Å². The molecule has 2 aromatic heterocycles. The molecule has 0 amide bonds. The van der Waals surface area contributed by atoms with Gasteiger partial charge in [0.2, 0.25) is 0 Å². The second-order valence-corrected chi connectivity index (χ2v) is 8.83. The van der Waals surface area contributed by atoms with Gasteiger partial charge in [0.25, 0.3) is 15.9 Å². The highest BCUT2D eigenvalue weighted by molar-refractivity contribution is 7.92. The molecule has 170 valence electrons. The van der Waals surface area contributed by atoms with E-state index in [0.29, 0.717) is 17.0 Å². The lowest BCUT2D eigenvalue weighted by Crippen LogP contribution is -2.14. The first-order valence-corrected chi connectivity index (χ1v) is 11.3. The monoisotopic (exact) mass is 477 g/mol. The summed E-state index contributed by atoms with van der Waals surface area (Å²) in [6, 6.07) is 17.1. The van der Waals surface area contributed by atoms with Crippen LogP contribution < -0.4 is 4.72 Å². The molecular formula is C22H15N5O6S. The SMILES string of the molecule is O=C(O)c1cc(S(=O)(=O)Nc2nnc(-c3ccccc3-c3nc4ccccc4[nH]3)o2)ccc1O. The fourth-order valence-electron chi connectivity index (χ4n) is 3.36. The van der Waals surface area contributed by atoms with E-state index in [1.54, 1.807) is 12.1 Å². The zero-order valence-corrected chi connectivity index (χ0v) is 17.9. The van der Waals surface area contributed by atoms with Crippen molar-refractivity contribution < 1.29 is 27.8 Å². The summed E-state index contributed by atoms with van der Waals surface area (Å²) in [4.78, 5) is 18.6. The van der Waals surface area contributed by atoms with E-state index in [1.165, 1.54) is 0 Å². The van der Waals surface area contributed by atoms with Crippen molar-refractivity contribution in [3.63, 3.8) is 0 Å². The normalized spacial score (nSPS) is 11.5. The van der Waals surface area contributed by atoms with Crippen LogP contribution in [-0.4, -0.2) is 44.8 Å². The van der Waals surface area contributed by atoms with Crippen LogP contribution in [0.3, 0.4) is 0 Å². The largest absolute Gasteiger partial charge is 0.507 e. The number of sulfonamides is 1. The summed E-state index contributed by atoms with van der Waals surface area (Å²) >= 11 is 0. The molecule has 0 bridgehead atoms. The van der Waals surface area contributed by atoms with Crippen LogP contribution >= 0.6 is 0 Å². The van der Waals surface area contributed by atoms with Gasteiger partial charge in [-0.2, -0.15) is 0 Å². The van der Waals surface area contributed by atoms with Crippen molar-refractivity contribution in [2.45, 2.75) is 4.90 Å². The molecule has 5 rings (SSSR count). The number of aromatic hydroxyl groups is 1. The zero-order valence-electron chi connectivity index (χ0n) is 17.1. The van der Waals surface area contributed by atoms with Crippen LogP contribution in [0.4, 0.5) is 6.01 Å². The van der Waals surface area contributed by atoms with Crippen molar-refractivity contribution in [1.29, 1.82) is 0 Å². The van der Waals surface area contributed by atoms with E-state index in [4.69, 9.17) is 9.52 Å². The second-order valence-electron chi connectivity index (χ2n) is 7.15. The molecular weight excluding hydrogens is 462 g/mol. The van der Waals surface area contributed by atoms with E-state index in [0.717, 1.165) is 29.2 Å². The predicted octanol–water partition coefficient (Wildman–Crippen LogP) is 3.48. The quantitative estimate of drug-likeness (QED) is 0.286. The number of hydrogen-bond donors (Lipinski definition) is 4. The number of nitrogens with one attached hydrogen (secondary N) is 2. The molecule has 0 spiro atoms. The number of H-pyrrole nitrogens is 1. The number of aromatic amines is 1. The molecule has 4 N–H and O–H groups in total. The van der Waals surface area contributed by atoms with Gasteiger partial charge in [0, 0.05) is 11.1 Å². The number of carbonyl (C=O) groups is 1. The Labute approximate surface area is 191 Å².